The number of hydrogen-bond acceptors (Lipinski definition) is 3. The molecule has 0 atom stereocenters. The lowest BCUT2D eigenvalue weighted by Gasteiger charge is -2.03. The van der Waals surface area contributed by atoms with Crippen LogP contribution < -0.4 is 0 Å². The second kappa shape index (κ2) is 10.4. The fourth-order valence-corrected chi connectivity index (χ4v) is 3.68. The van der Waals surface area contributed by atoms with Gasteiger partial charge in [-0.25, -0.2) is 4.99 Å². The molecule has 2 aromatic rings. The zero-order valence-electron chi connectivity index (χ0n) is 14.7. The Balaban J connectivity index is 2.05. The Kier molecular flexibility index (Phi) is 8.20. The standard InChI is InChI=1S/C21H25NS2/c1-4-5-15-24-21(22-19-10-6-17(2)7-11-19)14-16-23-20-12-8-18(3)9-13-20/h6-14,16H,4-5,15H2,1-3H3. The Hall–Kier alpha value is -1.45. The van der Waals surface area contributed by atoms with Crippen LogP contribution in [0.5, 0.6) is 0 Å². The summed E-state index contributed by atoms with van der Waals surface area (Å²) in [5.74, 6) is 1.11. The predicted molar refractivity (Wildman–Crippen MR) is 112 cm³/mol. The number of benzene rings is 2. The molecule has 0 aliphatic carbocycles. The van der Waals surface area contributed by atoms with Gasteiger partial charge in [0.05, 0.1) is 10.7 Å². The highest BCUT2D eigenvalue weighted by Gasteiger charge is 1.98. The van der Waals surface area contributed by atoms with Gasteiger partial charge in [-0.05, 0) is 61.8 Å². The van der Waals surface area contributed by atoms with Crippen LogP contribution >= 0.6 is 23.5 Å². The number of thioether (sulfide) groups is 2. The monoisotopic (exact) mass is 355 g/mol. The average Bonchev–Trinajstić information content (AvgIpc) is 2.58. The maximum absolute atomic E-state index is 4.80. The summed E-state index contributed by atoms with van der Waals surface area (Å²) in [7, 11) is 0. The van der Waals surface area contributed by atoms with Gasteiger partial charge in [0.25, 0.3) is 0 Å². The Labute approximate surface area is 154 Å². The van der Waals surface area contributed by atoms with Crippen molar-refractivity contribution < 1.29 is 0 Å². The molecule has 3 heteroatoms. The molecule has 0 bridgehead atoms. The van der Waals surface area contributed by atoms with Crippen LogP contribution in [0.3, 0.4) is 0 Å². The number of hydrogen-bond donors (Lipinski definition) is 0. The third-order valence-corrected chi connectivity index (χ3v) is 5.29. The van der Waals surface area contributed by atoms with Crippen LogP contribution in [-0.4, -0.2) is 10.8 Å². The van der Waals surface area contributed by atoms with Gasteiger partial charge >= 0.3 is 0 Å². The van der Waals surface area contributed by atoms with Crippen LogP contribution in [0.25, 0.3) is 0 Å². The van der Waals surface area contributed by atoms with E-state index in [4.69, 9.17) is 4.99 Å². The van der Waals surface area contributed by atoms with E-state index >= 15 is 0 Å². The predicted octanol–water partition coefficient (Wildman–Crippen LogP) is 7.17. The van der Waals surface area contributed by atoms with Gasteiger partial charge in [-0.3, -0.25) is 0 Å². The minimum Gasteiger partial charge on any atom is -0.242 e. The first kappa shape index (κ1) is 18.9. The van der Waals surface area contributed by atoms with Crippen LogP contribution in [-0.2, 0) is 0 Å². The maximum atomic E-state index is 4.80. The summed E-state index contributed by atoms with van der Waals surface area (Å²) in [5, 5.41) is 3.21. The topological polar surface area (TPSA) is 12.4 Å². The third kappa shape index (κ3) is 6.98. The summed E-state index contributed by atoms with van der Waals surface area (Å²) in [4.78, 5) is 6.05. The molecule has 0 radical (unpaired) electrons. The fraction of sp³-hybridized carbons (Fsp3) is 0.286. The lowest BCUT2D eigenvalue weighted by atomic mass is 10.2. The SMILES string of the molecule is CCCCSC(C=CSc1ccc(C)cc1)=Nc1ccc(C)cc1. The van der Waals surface area contributed by atoms with Crippen molar-refractivity contribution in [2.45, 2.75) is 38.5 Å². The van der Waals surface area contributed by atoms with Crippen molar-refractivity contribution in [1.82, 2.24) is 0 Å². The van der Waals surface area contributed by atoms with Crippen molar-refractivity contribution >= 4 is 34.3 Å². The molecule has 0 amide bonds. The number of aliphatic imine (C=N–C) groups is 1. The maximum Gasteiger partial charge on any atom is 0.0972 e. The summed E-state index contributed by atoms with van der Waals surface area (Å²) < 4.78 is 0. The molecule has 0 fully saturated rings. The first-order chi connectivity index (χ1) is 11.7. The zero-order chi connectivity index (χ0) is 17.2. The Morgan fingerprint density at radius 2 is 1.58 bits per heavy atom. The Morgan fingerprint density at radius 1 is 0.958 bits per heavy atom. The molecule has 1 nitrogen and oxygen atoms in total. The highest BCUT2D eigenvalue weighted by molar-refractivity contribution is 8.14. The summed E-state index contributed by atoms with van der Waals surface area (Å²) in [6, 6.07) is 17.0. The number of rotatable bonds is 7. The van der Waals surface area contributed by atoms with Gasteiger partial charge in [-0.1, -0.05) is 60.5 Å². The van der Waals surface area contributed by atoms with E-state index in [2.05, 4.69) is 80.8 Å². The van der Waals surface area contributed by atoms with Crippen molar-refractivity contribution in [3.05, 3.63) is 71.1 Å². The number of aryl methyl sites for hydroxylation is 2. The molecule has 2 rings (SSSR count). The molecule has 0 aliphatic heterocycles. The smallest absolute Gasteiger partial charge is 0.0972 e. The second-order valence-corrected chi connectivity index (χ2v) is 7.82. The van der Waals surface area contributed by atoms with Crippen LogP contribution in [0, 0.1) is 13.8 Å². The molecular formula is C21H25NS2. The minimum atomic E-state index is 1.02. The van der Waals surface area contributed by atoms with Crippen LogP contribution in [0.1, 0.15) is 30.9 Å². The van der Waals surface area contributed by atoms with E-state index in [9.17, 15) is 0 Å². The van der Waals surface area contributed by atoms with Crippen molar-refractivity contribution in [2.75, 3.05) is 5.75 Å². The van der Waals surface area contributed by atoms with Crippen molar-refractivity contribution in [3.63, 3.8) is 0 Å². The lowest BCUT2D eigenvalue weighted by Crippen LogP contribution is -1.89. The van der Waals surface area contributed by atoms with Gasteiger partial charge in [0.1, 0.15) is 0 Å². The van der Waals surface area contributed by atoms with E-state index in [0.717, 1.165) is 16.5 Å². The van der Waals surface area contributed by atoms with Gasteiger partial charge in [-0.2, -0.15) is 0 Å². The molecule has 126 valence electrons. The van der Waals surface area contributed by atoms with Gasteiger partial charge in [0.15, 0.2) is 0 Å². The number of unbranched alkanes of at least 4 members (excludes halogenated alkanes) is 1. The molecule has 0 unspecified atom stereocenters. The summed E-state index contributed by atoms with van der Waals surface area (Å²) in [6.45, 7) is 6.43. The Bertz CT molecular complexity index is 670. The molecule has 2 aromatic carbocycles. The van der Waals surface area contributed by atoms with E-state index in [-0.39, 0.29) is 0 Å². The summed E-state index contributed by atoms with van der Waals surface area (Å²) in [5.41, 5.74) is 3.57. The molecule has 0 aliphatic rings. The first-order valence-corrected chi connectivity index (χ1v) is 10.2. The highest BCUT2D eigenvalue weighted by Crippen LogP contribution is 2.22. The fourth-order valence-electron chi connectivity index (χ4n) is 1.97. The molecular weight excluding hydrogens is 330 g/mol. The van der Waals surface area contributed by atoms with Crippen molar-refractivity contribution in [3.8, 4) is 0 Å². The first-order valence-electron chi connectivity index (χ1n) is 8.35. The van der Waals surface area contributed by atoms with Crippen LogP contribution in [0.15, 0.2) is 69.9 Å². The normalized spacial score (nSPS) is 12.0. The quantitative estimate of drug-likeness (QED) is 0.226. The van der Waals surface area contributed by atoms with Gasteiger partial charge in [0, 0.05) is 4.90 Å². The van der Waals surface area contributed by atoms with Crippen molar-refractivity contribution in [2.24, 2.45) is 4.99 Å². The van der Waals surface area contributed by atoms with Gasteiger partial charge in [-0.15, -0.1) is 11.8 Å². The van der Waals surface area contributed by atoms with E-state index in [0.29, 0.717) is 0 Å². The Morgan fingerprint density at radius 3 is 2.21 bits per heavy atom. The highest BCUT2D eigenvalue weighted by atomic mass is 32.2. The van der Waals surface area contributed by atoms with Gasteiger partial charge < -0.3 is 0 Å². The molecule has 0 aromatic heterocycles. The van der Waals surface area contributed by atoms with Crippen LogP contribution in [0.2, 0.25) is 0 Å². The largest absolute Gasteiger partial charge is 0.242 e. The molecule has 0 saturated carbocycles. The van der Waals surface area contributed by atoms with E-state index in [1.807, 2.05) is 11.8 Å². The third-order valence-electron chi connectivity index (χ3n) is 3.46. The summed E-state index contributed by atoms with van der Waals surface area (Å²) in [6.07, 6.45) is 4.56. The second-order valence-electron chi connectivity index (χ2n) is 5.72. The van der Waals surface area contributed by atoms with Gasteiger partial charge in [0.2, 0.25) is 0 Å². The van der Waals surface area contributed by atoms with E-state index < -0.39 is 0 Å². The van der Waals surface area contributed by atoms with E-state index in [1.165, 1.54) is 28.9 Å². The van der Waals surface area contributed by atoms with Crippen molar-refractivity contribution in [1.29, 1.82) is 0 Å². The minimum absolute atomic E-state index is 1.02. The molecule has 0 N–H and O–H groups in total. The number of nitrogens with zero attached hydrogens (tertiary/aromatic N) is 1. The molecule has 0 spiro atoms. The van der Waals surface area contributed by atoms with Crippen LogP contribution in [0.4, 0.5) is 5.69 Å². The molecule has 0 heterocycles. The molecule has 0 saturated heterocycles. The zero-order valence-corrected chi connectivity index (χ0v) is 16.3. The summed E-state index contributed by atoms with van der Waals surface area (Å²) >= 11 is 3.57. The lowest BCUT2D eigenvalue weighted by molar-refractivity contribution is 0.898. The van der Waals surface area contributed by atoms with E-state index in [1.54, 1.807) is 11.8 Å². The average molecular weight is 356 g/mol. The molecule has 24 heavy (non-hydrogen) atoms.